The highest BCUT2D eigenvalue weighted by atomic mass is 19.1. The van der Waals surface area contributed by atoms with Gasteiger partial charge in [-0.15, -0.1) is 10.2 Å². The highest BCUT2D eigenvalue weighted by molar-refractivity contribution is 5.40. The van der Waals surface area contributed by atoms with E-state index in [9.17, 15) is 4.39 Å². The number of rotatable bonds is 4. The molecule has 0 radical (unpaired) electrons. The number of hydrogen-bond donors (Lipinski definition) is 0. The minimum atomic E-state index is -0.208. The van der Waals surface area contributed by atoms with Gasteiger partial charge >= 0.3 is 0 Å². The summed E-state index contributed by atoms with van der Waals surface area (Å²) in [6.07, 6.45) is 7.46. The van der Waals surface area contributed by atoms with Gasteiger partial charge in [0.15, 0.2) is 0 Å². The Morgan fingerprint density at radius 3 is 2.76 bits per heavy atom. The molecule has 1 fully saturated rings. The van der Waals surface area contributed by atoms with Gasteiger partial charge in [-0.1, -0.05) is 0 Å². The average Bonchev–Trinajstić information content (AvgIpc) is 3.28. The summed E-state index contributed by atoms with van der Waals surface area (Å²) in [7, 11) is 1.99. The number of aromatic nitrogens is 5. The topological polar surface area (TPSA) is 51.8 Å². The molecule has 0 saturated carbocycles. The monoisotopic (exact) mass is 340 g/mol. The van der Waals surface area contributed by atoms with Crippen LogP contribution in [-0.4, -0.2) is 42.5 Å². The number of benzene rings is 1. The molecule has 3 aromatic rings. The lowest BCUT2D eigenvalue weighted by Gasteiger charge is -2.31. The molecule has 0 spiro atoms. The fourth-order valence-corrected chi connectivity index (χ4v) is 3.57. The predicted octanol–water partition coefficient (Wildman–Crippen LogP) is 2.52. The van der Waals surface area contributed by atoms with Crippen molar-refractivity contribution in [1.82, 2.24) is 29.4 Å². The Morgan fingerprint density at radius 2 is 2.08 bits per heavy atom. The first-order valence-electron chi connectivity index (χ1n) is 8.55. The maximum absolute atomic E-state index is 13.8. The van der Waals surface area contributed by atoms with Crippen LogP contribution in [0.2, 0.25) is 0 Å². The second kappa shape index (κ2) is 6.76. The van der Waals surface area contributed by atoms with Crippen molar-refractivity contribution in [3.63, 3.8) is 0 Å². The van der Waals surface area contributed by atoms with E-state index in [2.05, 4.69) is 20.2 Å². The summed E-state index contributed by atoms with van der Waals surface area (Å²) >= 11 is 0. The van der Waals surface area contributed by atoms with Crippen molar-refractivity contribution in [3.8, 4) is 5.69 Å². The van der Waals surface area contributed by atoms with Crippen LogP contribution in [-0.2, 0) is 13.6 Å². The molecule has 0 atom stereocenters. The van der Waals surface area contributed by atoms with E-state index >= 15 is 0 Å². The number of halogens is 1. The first-order chi connectivity index (χ1) is 12.2. The van der Waals surface area contributed by atoms with Gasteiger partial charge in [-0.25, -0.2) is 9.07 Å². The molecule has 3 heterocycles. The van der Waals surface area contributed by atoms with Crippen molar-refractivity contribution < 1.29 is 4.39 Å². The Labute approximate surface area is 145 Å². The van der Waals surface area contributed by atoms with E-state index in [1.54, 1.807) is 29.3 Å². The molecule has 1 aliphatic rings. The lowest BCUT2D eigenvalue weighted by atomic mass is 9.95. The minimum Gasteiger partial charge on any atom is -0.320 e. The summed E-state index contributed by atoms with van der Waals surface area (Å²) in [6.45, 7) is 2.65. The molecular weight excluding hydrogens is 319 g/mol. The molecule has 25 heavy (non-hydrogen) atoms. The fourth-order valence-electron chi connectivity index (χ4n) is 3.57. The van der Waals surface area contributed by atoms with Gasteiger partial charge < -0.3 is 4.57 Å². The molecule has 130 valence electrons. The first-order valence-corrected chi connectivity index (χ1v) is 8.55. The molecule has 0 bridgehead atoms. The van der Waals surface area contributed by atoms with Crippen LogP contribution >= 0.6 is 0 Å². The van der Waals surface area contributed by atoms with Crippen molar-refractivity contribution in [2.45, 2.75) is 25.3 Å². The third kappa shape index (κ3) is 3.32. The van der Waals surface area contributed by atoms with Gasteiger partial charge in [0.1, 0.15) is 18.0 Å². The van der Waals surface area contributed by atoms with Crippen LogP contribution in [0.4, 0.5) is 4.39 Å². The second-order valence-corrected chi connectivity index (χ2v) is 6.57. The van der Waals surface area contributed by atoms with Gasteiger partial charge in [-0.2, -0.15) is 5.10 Å². The summed E-state index contributed by atoms with van der Waals surface area (Å²) in [4.78, 5) is 2.37. The summed E-state index contributed by atoms with van der Waals surface area (Å²) in [5, 5.41) is 12.5. The van der Waals surface area contributed by atoms with Crippen molar-refractivity contribution in [3.05, 3.63) is 60.2 Å². The van der Waals surface area contributed by atoms with Gasteiger partial charge in [0.25, 0.3) is 0 Å². The van der Waals surface area contributed by atoms with Crippen molar-refractivity contribution in [1.29, 1.82) is 0 Å². The number of nitrogens with zero attached hydrogens (tertiary/aromatic N) is 6. The maximum Gasteiger partial charge on any atom is 0.135 e. The zero-order valence-corrected chi connectivity index (χ0v) is 14.2. The normalized spacial score (nSPS) is 16.4. The molecule has 4 rings (SSSR count). The van der Waals surface area contributed by atoms with Crippen molar-refractivity contribution in [2.75, 3.05) is 13.1 Å². The lowest BCUT2D eigenvalue weighted by Crippen LogP contribution is -2.33. The zero-order valence-electron chi connectivity index (χ0n) is 14.2. The van der Waals surface area contributed by atoms with Gasteiger partial charge in [-0.05, 0) is 55.8 Å². The van der Waals surface area contributed by atoms with Gasteiger partial charge in [-0.3, -0.25) is 4.90 Å². The number of hydrogen-bond acceptors (Lipinski definition) is 4. The van der Waals surface area contributed by atoms with Crippen LogP contribution in [0, 0.1) is 5.82 Å². The number of likely N-dealkylation sites (tertiary alicyclic amines) is 1. The molecule has 0 N–H and O–H groups in total. The smallest absolute Gasteiger partial charge is 0.135 e. The standard InChI is InChI=1S/C18H21FN6/c1-23-13-20-22-18(23)14-5-9-24(10-6-14)12-15-11-16(19)3-4-17(15)25-8-2-7-21-25/h2-4,7-8,11,13-14H,5-6,9-10,12H2,1H3. The van der Waals surface area contributed by atoms with Gasteiger partial charge in [0.05, 0.1) is 5.69 Å². The van der Waals surface area contributed by atoms with E-state index in [-0.39, 0.29) is 5.82 Å². The van der Waals surface area contributed by atoms with E-state index in [0.717, 1.165) is 49.6 Å². The van der Waals surface area contributed by atoms with Crippen LogP contribution in [0.25, 0.3) is 5.69 Å². The van der Waals surface area contributed by atoms with Crippen LogP contribution in [0.5, 0.6) is 0 Å². The lowest BCUT2D eigenvalue weighted by molar-refractivity contribution is 0.200. The van der Waals surface area contributed by atoms with E-state index < -0.39 is 0 Å². The average molecular weight is 340 g/mol. The molecule has 1 aromatic carbocycles. The summed E-state index contributed by atoms with van der Waals surface area (Å²) < 4.78 is 17.6. The summed E-state index contributed by atoms with van der Waals surface area (Å²) in [5.41, 5.74) is 1.89. The van der Waals surface area contributed by atoms with Crippen molar-refractivity contribution in [2.24, 2.45) is 7.05 Å². The van der Waals surface area contributed by atoms with Crippen LogP contribution in [0.15, 0.2) is 43.0 Å². The highest BCUT2D eigenvalue weighted by Crippen LogP contribution is 2.27. The summed E-state index contributed by atoms with van der Waals surface area (Å²) in [6, 6.07) is 6.77. The Hall–Kier alpha value is -2.54. The fraction of sp³-hybridized carbons (Fsp3) is 0.389. The van der Waals surface area contributed by atoms with Crippen molar-refractivity contribution >= 4 is 0 Å². The second-order valence-electron chi connectivity index (χ2n) is 6.57. The molecule has 0 unspecified atom stereocenters. The Balaban J connectivity index is 1.47. The van der Waals surface area contributed by atoms with Crippen LogP contribution in [0.1, 0.15) is 30.1 Å². The molecule has 0 aliphatic carbocycles. The predicted molar refractivity (Wildman–Crippen MR) is 91.8 cm³/mol. The van der Waals surface area contributed by atoms with E-state index in [0.29, 0.717) is 5.92 Å². The van der Waals surface area contributed by atoms with E-state index in [4.69, 9.17) is 0 Å². The summed E-state index contributed by atoms with van der Waals surface area (Å²) in [5.74, 6) is 1.30. The van der Waals surface area contributed by atoms with Gasteiger partial charge in [0, 0.05) is 31.9 Å². The Kier molecular flexibility index (Phi) is 4.31. The SMILES string of the molecule is Cn1cnnc1C1CCN(Cc2cc(F)ccc2-n2cccn2)CC1. The largest absolute Gasteiger partial charge is 0.320 e. The number of aryl methyl sites for hydroxylation is 1. The highest BCUT2D eigenvalue weighted by Gasteiger charge is 2.24. The third-order valence-corrected chi connectivity index (χ3v) is 4.89. The molecule has 0 amide bonds. The molecule has 7 heteroatoms. The Morgan fingerprint density at radius 1 is 1.24 bits per heavy atom. The van der Waals surface area contributed by atoms with E-state index in [1.807, 2.05) is 23.9 Å². The van der Waals surface area contributed by atoms with Crippen LogP contribution in [0.3, 0.4) is 0 Å². The molecular formula is C18H21FN6. The minimum absolute atomic E-state index is 0.208. The van der Waals surface area contributed by atoms with Gasteiger partial charge in [0.2, 0.25) is 0 Å². The molecule has 2 aromatic heterocycles. The quantitative estimate of drug-likeness (QED) is 0.732. The molecule has 6 nitrogen and oxygen atoms in total. The number of piperidine rings is 1. The van der Waals surface area contributed by atoms with Crippen LogP contribution < -0.4 is 0 Å². The first kappa shape index (κ1) is 16.0. The zero-order chi connectivity index (χ0) is 17.2. The third-order valence-electron chi connectivity index (χ3n) is 4.89. The molecule has 1 aliphatic heterocycles. The molecule has 1 saturated heterocycles. The Bertz CT molecular complexity index is 833. The maximum atomic E-state index is 13.8. The van der Waals surface area contributed by atoms with E-state index in [1.165, 1.54) is 6.07 Å².